The van der Waals surface area contributed by atoms with E-state index in [1.165, 1.54) is 6.08 Å². The number of aliphatic hydroxyl groups is 1. The van der Waals surface area contributed by atoms with E-state index in [0.29, 0.717) is 16.9 Å². The number of amides is 1. The molecule has 3 rings (SSSR count). The fourth-order valence-corrected chi connectivity index (χ4v) is 2.28. The molecule has 23 heavy (non-hydrogen) atoms. The largest absolute Gasteiger partial charge is 0.389 e. The summed E-state index contributed by atoms with van der Waals surface area (Å²) in [5.74, 6) is -0.517. The molecule has 0 bridgehead atoms. The van der Waals surface area contributed by atoms with Crippen molar-refractivity contribution >= 4 is 23.1 Å². The highest BCUT2D eigenvalue weighted by molar-refractivity contribution is 5.93. The zero-order valence-electron chi connectivity index (χ0n) is 12.5. The first-order chi connectivity index (χ1) is 11.0. The number of rotatable bonds is 4. The Morgan fingerprint density at radius 3 is 2.74 bits per heavy atom. The van der Waals surface area contributed by atoms with Crippen molar-refractivity contribution in [2.24, 2.45) is 5.73 Å². The molecule has 6 nitrogen and oxygen atoms in total. The van der Waals surface area contributed by atoms with Crippen LogP contribution in [0.3, 0.4) is 0 Å². The zero-order chi connectivity index (χ0) is 16.4. The molecule has 0 saturated heterocycles. The smallest absolute Gasteiger partial charge is 0.241 e. The van der Waals surface area contributed by atoms with Crippen LogP contribution in [0, 0.1) is 0 Å². The number of aliphatic hydroxyl groups excluding tert-OH is 1. The van der Waals surface area contributed by atoms with Gasteiger partial charge in [-0.25, -0.2) is 9.97 Å². The van der Waals surface area contributed by atoms with Gasteiger partial charge in [-0.2, -0.15) is 0 Å². The van der Waals surface area contributed by atoms with Crippen molar-refractivity contribution in [2.75, 3.05) is 0 Å². The highest BCUT2D eigenvalue weighted by atomic mass is 16.3. The molecule has 1 aromatic carbocycles. The van der Waals surface area contributed by atoms with Gasteiger partial charge in [0.05, 0.1) is 18.0 Å². The number of nitrogens with one attached hydrogen (secondary N) is 1. The van der Waals surface area contributed by atoms with Gasteiger partial charge < -0.3 is 15.8 Å². The maximum absolute atomic E-state index is 10.9. The van der Waals surface area contributed by atoms with E-state index in [-0.39, 0.29) is 0 Å². The van der Waals surface area contributed by atoms with Crippen LogP contribution in [-0.4, -0.2) is 26.0 Å². The Kier molecular flexibility index (Phi) is 3.91. The second kappa shape index (κ2) is 6.02. The number of nitrogens with two attached hydrogens (primary N) is 1. The molecule has 0 unspecified atom stereocenters. The van der Waals surface area contributed by atoms with E-state index in [0.717, 1.165) is 16.7 Å². The molecule has 0 aliphatic heterocycles. The summed E-state index contributed by atoms with van der Waals surface area (Å²) in [6, 6.07) is 7.50. The van der Waals surface area contributed by atoms with Gasteiger partial charge >= 0.3 is 0 Å². The van der Waals surface area contributed by atoms with Crippen molar-refractivity contribution in [3.63, 3.8) is 0 Å². The summed E-state index contributed by atoms with van der Waals surface area (Å²) in [4.78, 5) is 22.8. The molecule has 0 aliphatic rings. The van der Waals surface area contributed by atoms with Crippen LogP contribution in [0.4, 0.5) is 0 Å². The van der Waals surface area contributed by atoms with Crippen LogP contribution in [0.25, 0.3) is 28.5 Å². The first-order valence-corrected chi connectivity index (χ1v) is 7.14. The Balaban J connectivity index is 2.01. The van der Waals surface area contributed by atoms with E-state index in [2.05, 4.69) is 15.0 Å². The normalized spacial score (nSPS) is 12.8. The lowest BCUT2D eigenvalue weighted by atomic mass is 10.1. The summed E-state index contributed by atoms with van der Waals surface area (Å²) in [5.41, 5.74) is 9.62. The third-order valence-electron chi connectivity index (χ3n) is 3.53. The van der Waals surface area contributed by atoms with Crippen molar-refractivity contribution in [1.29, 1.82) is 0 Å². The molecular weight excluding hydrogens is 292 g/mol. The standard InChI is InChI=1S/C17H16N4O2/c1-10(22)11-2-4-12(5-3-11)14-9-20-17-16(21-14)13(8-19-17)6-7-15(18)23/h2-10,22H,1H3,(H2,18,23)(H,19,20)/t10-/m1/s1. The van der Waals surface area contributed by atoms with Crippen LogP contribution >= 0.6 is 0 Å². The summed E-state index contributed by atoms with van der Waals surface area (Å²) in [7, 11) is 0. The number of benzene rings is 1. The lowest BCUT2D eigenvalue weighted by Gasteiger charge is -2.06. The number of nitrogens with zero attached hydrogens (tertiary/aromatic N) is 2. The molecule has 3 aromatic rings. The molecule has 116 valence electrons. The van der Waals surface area contributed by atoms with Gasteiger partial charge in [0.1, 0.15) is 5.52 Å². The number of hydrogen-bond donors (Lipinski definition) is 3. The maximum Gasteiger partial charge on any atom is 0.241 e. The average Bonchev–Trinajstić information content (AvgIpc) is 2.95. The van der Waals surface area contributed by atoms with Crippen LogP contribution in [0.2, 0.25) is 0 Å². The van der Waals surface area contributed by atoms with E-state index < -0.39 is 12.0 Å². The van der Waals surface area contributed by atoms with E-state index in [1.807, 2.05) is 24.3 Å². The molecule has 0 saturated carbocycles. The molecule has 0 radical (unpaired) electrons. The van der Waals surface area contributed by atoms with Crippen molar-refractivity contribution in [2.45, 2.75) is 13.0 Å². The number of aromatic nitrogens is 3. The summed E-state index contributed by atoms with van der Waals surface area (Å²) in [5, 5.41) is 9.56. The zero-order valence-corrected chi connectivity index (χ0v) is 12.5. The molecule has 0 fully saturated rings. The molecule has 1 atom stereocenters. The fraction of sp³-hybridized carbons (Fsp3) is 0.118. The monoisotopic (exact) mass is 308 g/mol. The molecule has 0 spiro atoms. The molecule has 2 heterocycles. The Bertz CT molecular complexity index is 879. The minimum atomic E-state index is -0.517. The molecule has 6 heteroatoms. The first-order valence-electron chi connectivity index (χ1n) is 7.14. The Morgan fingerprint density at radius 1 is 1.35 bits per heavy atom. The quantitative estimate of drug-likeness (QED) is 0.642. The topological polar surface area (TPSA) is 105 Å². The van der Waals surface area contributed by atoms with Gasteiger partial charge in [-0.3, -0.25) is 4.79 Å². The maximum atomic E-state index is 10.9. The summed E-state index contributed by atoms with van der Waals surface area (Å²) in [6.45, 7) is 1.72. The van der Waals surface area contributed by atoms with Gasteiger partial charge in [-0.1, -0.05) is 24.3 Å². The van der Waals surface area contributed by atoms with Crippen molar-refractivity contribution in [1.82, 2.24) is 15.0 Å². The summed E-state index contributed by atoms with van der Waals surface area (Å²) < 4.78 is 0. The second-order valence-corrected chi connectivity index (χ2v) is 5.23. The van der Waals surface area contributed by atoms with Crippen LogP contribution in [0.15, 0.2) is 42.7 Å². The molecule has 0 aliphatic carbocycles. The SMILES string of the molecule is C[C@@H](O)c1ccc(-c2cnc3[nH]cc(C=CC(N)=O)c3n2)cc1. The Hall–Kier alpha value is -2.99. The highest BCUT2D eigenvalue weighted by Gasteiger charge is 2.08. The lowest BCUT2D eigenvalue weighted by Crippen LogP contribution is -2.05. The number of aromatic amines is 1. The number of primary amides is 1. The number of H-pyrrole nitrogens is 1. The molecule has 4 N–H and O–H groups in total. The minimum Gasteiger partial charge on any atom is -0.389 e. The minimum absolute atomic E-state index is 0.507. The van der Waals surface area contributed by atoms with E-state index >= 15 is 0 Å². The van der Waals surface area contributed by atoms with Gasteiger partial charge in [0.2, 0.25) is 5.91 Å². The van der Waals surface area contributed by atoms with Crippen molar-refractivity contribution < 1.29 is 9.90 Å². The molecular formula is C17H16N4O2. The number of hydrogen-bond acceptors (Lipinski definition) is 4. The van der Waals surface area contributed by atoms with Crippen LogP contribution < -0.4 is 5.73 Å². The third kappa shape index (κ3) is 3.12. The van der Waals surface area contributed by atoms with Crippen molar-refractivity contribution in [3.8, 4) is 11.3 Å². The van der Waals surface area contributed by atoms with Gasteiger partial charge in [0.25, 0.3) is 0 Å². The summed E-state index contributed by atoms with van der Waals surface area (Å²) >= 11 is 0. The number of fused-ring (bicyclic) bond motifs is 1. The Labute approximate surface area is 132 Å². The van der Waals surface area contributed by atoms with Crippen LogP contribution in [-0.2, 0) is 4.79 Å². The average molecular weight is 308 g/mol. The van der Waals surface area contributed by atoms with E-state index in [4.69, 9.17) is 5.73 Å². The number of carbonyl (C=O) groups is 1. The van der Waals surface area contributed by atoms with E-state index in [9.17, 15) is 9.90 Å². The van der Waals surface area contributed by atoms with Gasteiger partial charge in [0, 0.05) is 23.4 Å². The number of carbonyl (C=O) groups excluding carboxylic acids is 1. The predicted molar refractivity (Wildman–Crippen MR) is 88.2 cm³/mol. The van der Waals surface area contributed by atoms with Crippen LogP contribution in [0.1, 0.15) is 24.2 Å². The van der Waals surface area contributed by atoms with Crippen LogP contribution in [0.5, 0.6) is 0 Å². The molecule has 2 aromatic heterocycles. The summed E-state index contributed by atoms with van der Waals surface area (Å²) in [6.07, 6.45) is 5.79. The van der Waals surface area contributed by atoms with Gasteiger partial charge in [0.15, 0.2) is 5.65 Å². The second-order valence-electron chi connectivity index (χ2n) is 5.23. The van der Waals surface area contributed by atoms with E-state index in [1.54, 1.807) is 25.4 Å². The fourth-order valence-electron chi connectivity index (χ4n) is 2.28. The Morgan fingerprint density at radius 2 is 2.09 bits per heavy atom. The third-order valence-corrected chi connectivity index (χ3v) is 3.53. The first kappa shape index (κ1) is 14.9. The molecule has 1 amide bonds. The lowest BCUT2D eigenvalue weighted by molar-refractivity contribution is -0.113. The van der Waals surface area contributed by atoms with Crippen molar-refractivity contribution in [3.05, 3.63) is 53.9 Å². The van der Waals surface area contributed by atoms with Gasteiger partial charge in [-0.05, 0) is 18.6 Å². The highest BCUT2D eigenvalue weighted by Crippen LogP contribution is 2.23. The van der Waals surface area contributed by atoms with Gasteiger partial charge in [-0.15, -0.1) is 0 Å². The predicted octanol–water partition coefficient (Wildman–Crippen LogP) is 2.18.